The summed E-state index contributed by atoms with van der Waals surface area (Å²) in [6.45, 7) is 6.26. The third-order valence-corrected chi connectivity index (χ3v) is 2.75. The first kappa shape index (κ1) is 15.1. The minimum atomic E-state index is -1.11. The fraction of sp³-hybridized carbons (Fsp3) is 0.500. The number of likely N-dealkylation sites (tertiary alicyclic amines) is 1. The molecule has 1 aliphatic rings. The molecule has 1 saturated heterocycles. The lowest BCUT2D eigenvalue weighted by atomic mass is 10.1. The molecule has 1 fully saturated rings. The molecule has 0 atom stereocenters. The predicted molar refractivity (Wildman–Crippen MR) is 73.4 cm³/mol. The van der Waals surface area contributed by atoms with Gasteiger partial charge in [-0.05, 0) is 26.8 Å². The first-order valence-electron chi connectivity index (χ1n) is 6.58. The Balaban J connectivity index is 1.84. The van der Waals surface area contributed by atoms with Crippen molar-refractivity contribution in [3.8, 4) is 5.75 Å². The minimum absolute atomic E-state index is 0.0733. The van der Waals surface area contributed by atoms with Crippen LogP contribution in [0, 0.1) is 0 Å². The Bertz CT molecular complexity index is 547. The number of carbonyl (C=O) groups is 2. The Morgan fingerprint density at radius 2 is 2.05 bits per heavy atom. The van der Waals surface area contributed by atoms with Gasteiger partial charge in [0, 0.05) is 12.3 Å². The summed E-state index contributed by atoms with van der Waals surface area (Å²) >= 11 is 0. The first-order chi connectivity index (χ1) is 9.74. The van der Waals surface area contributed by atoms with E-state index < -0.39 is 11.6 Å². The van der Waals surface area contributed by atoms with Crippen LogP contribution in [-0.4, -0.2) is 51.8 Å². The van der Waals surface area contributed by atoms with Crippen molar-refractivity contribution >= 4 is 12.1 Å². The Labute approximate surface area is 122 Å². The minimum Gasteiger partial charge on any atom is -0.487 e. The number of aromatic carboxylic acids is 1. The van der Waals surface area contributed by atoms with Crippen LogP contribution in [0.15, 0.2) is 18.3 Å². The Morgan fingerprint density at radius 1 is 1.38 bits per heavy atom. The molecule has 1 aromatic heterocycles. The normalized spacial score (nSPS) is 15.3. The SMILES string of the molecule is CC(C)(C)OC(=O)N1CC(Oc2ccnc(C(=O)O)c2)C1. The van der Waals surface area contributed by atoms with Crippen molar-refractivity contribution in [3.63, 3.8) is 0 Å². The summed E-state index contributed by atoms with van der Waals surface area (Å²) in [5.41, 5.74) is -0.597. The molecule has 0 unspecified atom stereocenters. The van der Waals surface area contributed by atoms with Gasteiger partial charge in [0.2, 0.25) is 0 Å². The van der Waals surface area contributed by atoms with Gasteiger partial charge in [0.05, 0.1) is 13.1 Å². The van der Waals surface area contributed by atoms with Crippen LogP contribution in [0.4, 0.5) is 4.79 Å². The lowest BCUT2D eigenvalue weighted by molar-refractivity contribution is -0.0221. The highest BCUT2D eigenvalue weighted by Gasteiger charge is 2.35. The molecule has 0 aromatic carbocycles. The number of rotatable bonds is 3. The van der Waals surface area contributed by atoms with Crippen molar-refractivity contribution in [2.75, 3.05) is 13.1 Å². The second-order valence-electron chi connectivity index (χ2n) is 5.81. The Hall–Kier alpha value is -2.31. The number of hydrogen-bond acceptors (Lipinski definition) is 5. The maximum atomic E-state index is 11.7. The summed E-state index contributed by atoms with van der Waals surface area (Å²) in [5, 5.41) is 8.85. The summed E-state index contributed by atoms with van der Waals surface area (Å²) in [4.78, 5) is 27.8. The molecule has 0 bridgehead atoms. The number of nitrogens with zero attached hydrogens (tertiary/aromatic N) is 2. The highest BCUT2D eigenvalue weighted by atomic mass is 16.6. The van der Waals surface area contributed by atoms with Gasteiger partial charge in [-0.1, -0.05) is 0 Å². The van der Waals surface area contributed by atoms with E-state index in [9.17, 15) is 9.59 Å². The molecule has 114 valence electrons. The zero-order valence-electron chi connectivity index (χ0n) is 12.2. The summed E-state index contributed by atoms with van der Waals surface area (Å²) in [5.74, 6) is -0.680. The first-order valence-corrected chi connectivity index (χ1v) is 6.58. The van der Waals surface area contributed by atoms with Gasteiger partial charge in [-0.15, -0.1) is 0 Å². The number of pyridine rings is 1. The molecule has 1 amide bonds. The van der Waals surface area contributed by atoms with Crippen molar-refractivity contribution in [2.24, 2.45) is 0 Å². The van der Waals surface area contributed by atoms with E-state index in [2.05, 4.69) is 4.98 Å². The maximum absolute atomic E-state index is 11.7. The fourth-order valence-corrected chi connectivity index (χ4v) is 1.78. The van der Waals surface area contributed by atoms with Crippen LogP contribution in [0.2, 0.25) is 0 Å². The van der Waals surface area contributed by atoms with E-state index >= 15 is 0 Å². The van der Waals surface area contributed by atoms with Crippen molar-refractivity contribution < 1.29 is 24.2 Å². The van der Waals surface area contributed by atoms with Gasteiger partial charge in [0.25, 0.3) is 0 Å². The monoisotopic (exact) mass is 294 g/mol. The van der Waals surface area contributed by atoms with E-state index in [-0.39, 0.29) is 17.9 Å². The van der Waals surface area contributed by atoms with Gasteiger partial charge < -0.3 is 19.5 Å². The second kappa shape index (κ2) is 5.59. The number of ether oxygens (including phenoxy) is 2. The van der Waals surface area contributed by atoms with E-state index in [4.69, 9.17) is 14.6 Å². The van der Waals surface area contributed by atoms with Crippen LogP contribution in [0.25, 0.3) is 0 Å². The molecule has 7 heteroatoms. The van der Waals surface area contributed by atoms with Crippen LogP contribution in [0.5, 0.6) is 5.75 Å². The molecule has 21 heavy (non-hydrogen) atoms. The van der Waals surface area contributed by atoms with Crippen LogP contribution in [0.3, 0.4) is 0 Å². The molecular weight excluding hydrogens is 276 g/mol. The predicted octanol–water partition coefficient (Wildman–Crippen LogP) is 1.78. The second-order valence-corrected chi connectivity index (χ2v) is 5.81. The summed E-state index contributed by atoms with van der Waals surface area (Å²) in [6.07, 6.45) is 0.841. The molecular formula is C14H18N2O5. The number of carboxylic acid groups (broad SMARTS) is 1. The van der Waals surface area contributed by atoms with Crippen LogP contribution < -0.4 is 4.74 Å². The Kier molecular flexibility index (Phi) is 4.02. The lowest BCUT2D eigenvalue weighted by Crippen LogP contribution is -2.57. The average Bonchev–Trinajstić information content (AvgIpc) is 2.31. The van der Waals surface area contributed by atoms with Crippen LogP contribution in [-0.2, 0) is 4.74 Å². The van der Waals surface area contributed by atoms with Crippen molar-refractivity contribution in [3.05, 3.63) is 24.0 Å². The molecule has 1 aliphatic heterocycles. The van der Waals surface area contributed by atoms with Crippen LogP contribution >= 0.6 is 0 Å². The molecule has 2 rings (SSSR count). The van der Waals surface area contributed by atoms with Gasteiger partial charge in [0.15, 0.2) is 5.69 Å². The standard InChI is InChI=1S/C14H18N2O5/c1-14(2,3)21-13(19)16-7-10(8-16)20-9-4-5-15-11(6-9)12(17)18/h4-6,10H,7-8H2,1-3H3,(H,17,18). The maximum Gasteiger partial charge on any atom is 0.410 e. The smallest absolute Gasteiger partial charge is 0.410 e. The fourth-order valence-electron chi connectivity index (χ4n) is 1.78. The van der Waals surface area contributed by atoms with E-state index in [1.165, 1.54) is 17.2 Å². The van der Waals surface area contributed by atoms with E-state index in [0.717, 1.165) is 0 Å². The average molecular weight is 294 g/mol. The molecule has 0 saturated carbocycles. The summed E-state index contributed by atoms with van der Waals surface area (Å²) in [7, 11) is 0. The molecule has 0 spiro atoms. The van der Waals surface area contributed by atoms with E-state index in [1.807, 2.05) is 20.8 Å². The summed E-state index contributed by atoms with van der Waals surface area (Å²) < 4.78 is 10.8. The van der Waals surface area contributed by atoms with Gasteiger partial charge in [-0.3, -0.25) is 0 Å². The van der Waals surface area contributed by atoms with Gasteiger partial charge in [-0.2, -0.15) is 0 Å². The van der Waals surface area contributed by atoms with E-state index in [0.29, 0.717) is 18.8 Å². The molecule has 7 nitrogen and oxygen atoms in total. The van der Waals surface area contributed by atoms with Gasteiger partial charge in [0.1, 0.15) is 17.5 Å². The highest BCUT2D eigenvalue weighted by Crippen LogP contribution is 2.20. The van der Waals surface area contributed by atoms with Crippen molar-refractivity contribution in [1.82, 2.24) is 9.88 Å². The molecule has 0 aliphatic carbocycles. The van der Waals surface area contributed by atoms with Crippen molar-refractivity contribution in [2.45, 2.75) is 32.5 Å². The van der Waals surface area contributed by atoms with Gasteiger partial charge >= 0.3 is 12.1 Å². The largest absolute Gasteiger partial charge is 0.487 e. The molecule has 1 N–H and O–H groups in total. The number of carboxylic acids is 1. The highest BCUT2D eigenvalue weighted by molar-refractivity contribution is 5.85. The number of aromatic nitrogens is 1. The number of amides is 1. The van der Waals surface area contributed by atoms with Gasteiger partial charge in [-0.25, -0.2) is 14.6 Å². The zero-order chi connectivity index (χ0) is 15.6. The lowest BCUT2D eigenvalue weighted by Gasteiger charge is -2.39. The Morgan fingerprint density at radius 3 is 2.62 bits per heavy atom. The molecule has 2 heterocycles. The molecule has 0 radical (unpaired) electrons. The van der Waals surface area contributed by atoms with E-state index in [1.54, 1.807) is 6.07 Å². The topological polar surface area (TPSA) is 89.0 Å². The third kappa shape index (κ3) is 4.08. The molecule has 1 aromatic rings. The quantitative estimate of drug-likeness (QED) is 0.914. The zero-order valence-corrected chi connectivity index (χ0v) is 12.2. The number of hydrogen-bond donors (Lipinski definition) is 1. The van der Waals surface area contributed by atoms with Crippen LogP contribution in [0.1, 0.15) is 31.3 Å². The van der Waals surface area contributed by atoms with Crippen molar-refractivity contribution in [1.29, 1.82) is 0 Å². The number of carbonyl (C=O) groups excluding carboxylic acids is 1. The summed E-state index contributed by atoms with van der Waals surface area (Å²) in [6, 6.07) is 2.95. The third-order valence-electron chi connectivity index (χ3n) is 2.75.